The quantitative estimate of drug-likeness (QED) is 0.695. The molecule has 0 bridgehead atoms. The lowest BCUT2D eigenvalue weighted by molar-refractivity contribution is 0.153. The molecule has 0 rings (SSSR count). The van der Waals surface area contributed by atoms with E-state index in [4.69, 9.17) is 0 Å². The molecule has 0 radical (unpaired) electrons. The van der Waals surface area contributed by atoms with Crippen LogP contribution in [0.2, 0.25) is 0 Å². The minimum atomic E-state index is -0.350. The molecule has 1 atom stereocenters. The molecule has 0 spiro atoms. The lowest BCUT2D eigenvalue weighted by Gasteiger charge is -2.29. The van der Waals surface area contributed by atoms with E-state index < -0.39 is 0 Å². The van der Waals surface area contributed by atoms with E-state index in [1.165, 1.54) is 7.11 Å². The molecule has 3 nitrogen and oxygen atoms in total. The van der Waals surface area contributed by atoms with Gasteiger partial charge in [0.2, 0.25) is 0 Å². The van der Waals surface area contributed by atoms with Crippen LogP contribution in [0.3, 0.4) is 0 Å². The van der Waals surface area contributed by atoms with Crippen LogP contribution < -0.4 is 5.32 Å². The van der Waals surface area contributed by atoms with Gasteiger partial charge in [0.05, 0.1) is 7.11 Å². The maximum atomic E-state index is 10.9. The summed E-state index contributed by atoms with van der Waals surface area (Å²) in [4.78, 5) is 10.9. The fourth-order valence-electron chi connectivity index (χ4n) is 1.13. The summed E-state index contributed by atoms with van der Waals surface area (Å²) in [5.41, 5.74) is 0.0862. The largest absolute Gasteiger partial charge is 0.453 e. The van der Waals surface area contributed by atoms with Gasteiger partial charge in [-0.25, -0.2) is 4.79 Å². The Morgan fingerprint density at radius 2 is 2.00 bits per heavy atom. The van der Waals surface area contributed by atoms with Crippen molar-refractivity contribution >= 4 is 6.09 Å². The summed E-state index contributed by atoms with van der Waals surface area (Å²) >= 11 is 0. The first-order valence-corrected chi connectivity index (χ1v) is 4.26. The number of hydrogen-bond acceptors (Lipinski definition) is 2. The first kappa shape index (κ1) is 11.3. The van der Waals surface area contributed by atoms with Crippen LogP contribution in [0.15, 0.2) is 0 Å². The van der Waals surface area contributed by atoms with Crippen molar-refractivity contribution in [2.24, 2.45) is 5.41 Å². The van der Waals surface area contributed by atoms with E-state index >= 15 is 0 Å². The Balaban J connectivity index is 4.09. The Morgan fingerprint density at radius 3 is 2.25 bits per heavy atom. The molecule has 0 aliphatic heterocycles. The van der Waals surface area contributed by atoms with Gasteiger partial charge in [0.25, 0.3) is 0 Å². The van der Waals surface area contributed by atoms with Crippen molar-refractivity contribution < 1.29 is 9.53 Å². The maximum Gasteiger partial charge on any atom is 0.407 e. The van der Waals surface area contributed by atoms with Crippen molar-refractivity contribution in [3.8, 4) is 0 Å². The smallest absolute Gasteiger partial charge is 0.407 e. The number of carbonyl (C=O) groups is 1. The molecule has 0 saturated carbocycles. The fourth-order valence-corrected chi connectivity index (χ4v) is 1.13. The van der Waals surface area contributed by atoms with Crippen LogP contribution >= 0.6 is 0 Å². The van der Waals surface area contributed by atoms with E-state index in [2.05, 4.69) is 30.8 Å². The molecule has 0 aliphatic rings. The van der Waals surface area contributed by atoms with Crippen molar-refractivity contribution in [3.63, 3.8) is 0 Å². The molecule has 0 aromatic rings. The second-order valence-corrected chi connectivity index (χ2v) is 3.96. The summed E-state index contributed by atoms with van der Waals surface area (Å²) < 4.78 is 4.53. The van der Waals surface area contributed by atoms with Crippen LogP contribution in [0, 0.1) is 5.41 Å². The zero-order valence-electron chi connectivity index (χ0n) is 8.60. The molecule has 0 aromatic heterocycles. The SMILES string of the molecule is CC[C@H](NC(=O)OC)C(C)(C)C. The van der Waals surface area contributed by atoms with Crippen molar-refractivity contribution in [1.82, 2.24) is 5.32 Å². The lowest BCUT2D eigenvalue weighted by Crippen LogP contribution is -2.43. The Morgan fingerprint density at radius 1 is 1.50 bits per heavy atom. The summed E-state index contributed by atoms with van der Waals surface area (Å²) in [5.74, 6) is 0. The second kappa shape index (κ2) is 4.33. The Kier molecular flexibility index (Phi) is 4.07. The zero-order chi connectivity index (χ0) is 9.78. The molecule has 1 N–H and O–H groups in total. The van der Waals surface area contributed by atoms with Crippen LogP contribution in [-0.2, 0) is 4.74 Å². The highest BCUT2D eigenvalue weighted by molar-refractivity contribution is 5.67. The van der Waals surface area contributed by atoms with Crippen LogP contribution in [0.1, 0.15) is 34.1 Å². The van der Waals surface area contributed by atoms with Gasteiger partial charge >= 0.3 is 6.09 Å². The van der Waals surface area contributed by atoms with E-state index in [1.807, 2.05) is 6.92 Å². The number of hydrogen-bond donors (Lipinski definition) is 1. The van der Waals surface area contributed by atoms with Gasteiger partial charge in [0.1, 0.15) is 0 Å². The molecule has 3 heteroatoms. The molecule has 0 aromatic carbocycles. The lowest BCUT2D eigenvalue weighted by atomic mass is 9.85. The molecule has 0 unspecified atom stereocenters. The Bertz CT molecular complexity index is 149. The maximum absolute atomic E-state index is 10.9. The number of amides is 1. The average molecular weight is 173 g/mol. The van der Waals surface area contributed by atoms with E-state index in [9.17, 15) is 4.79 Å². The first-order valence-electron chi connectivity index (χ1n) is 4.26. The van der Waals surface area contributed by atoms with Gasteiger partial charge in [-0.15, -0.1) is 0 Å². The van der Waals surface area contributed by atoms with Gasteiger partial charge in [0.15, 0.2) is 0 Å². The summed E-state index contributed by atoms with van der Waals surface area (Å²) in [6.45, 7) is 8.33. The molecule has 0 heterocycles. The number of nitrogens with one attached hydrogen (secondary N) is 1. The van der Waals surface area contributed by atoms with E-state index in [0.717, 1.165) is 6.42 Å². The predicted molar refractivity (Wildman–Crippen MR) is 49.1 cm³/mol. The number of carbonyl (C=O) groups excluding carboxylic acids is 1. The summed E-state index contributed by atoms with van der Waals surface area (Å²) in [6.07, 6.45) is 0.565. The van der Waals surface area contributed by atoms with Crippen molar-refractivity contribution in [2.75, 3.05) is 7.11 Å². The van der Waals surface area contributed by atoms with Gasteiger partial charge in [-0.3, -0.25) is 0 Å². The Hall–Kier alpha value is -0.730. The van der Waals surface area contributed by atoms with Gasteiger partial charge in [-0.2, -0.15) is 0 Å². The fraction of sp³-hybridized carbons (Fsp3) is 0.889. The Labute approximate surface area is 74.5 Å². The van der Waals surface area contributed by atoms with E-state index in [1.54, 1.807) is 0 Å². The highest BCUT2D eigenvalue weighted by atomic mass is 16.5. The number of methoxy groups -OCH3 is 1. The van der Waals surface area contributed by atoms with Gasteiger partial charge in [-0.05, 0) is 11.8 Å². The highest BCUT2D eigenvalue weighted by Crippen LogP contribution is 2.21. The van der Waals surface area contributed by atoms with Gasteiger partial charge in [-0.1, -0.05) is 27.7 Å². The third kappa shape index (κ3) is 3.60. The summed E-state index contributed by atoms with van der Waals surface area (Å²) in [5, 5.41) is 2.80. The van der Waals surface area contributed by atoms with E-state index in [0.29, 0.717) is 0 Å². The average Bonchev–Trinajstić information content (AvgIpc) is 1.97. The summed E-state index contributed by atoms with van der Waals surface area (Å²) in [6, 6.07) is 0.171. The first-order chi connectivity index (χ1) is 5.41. The monoisotopic (exact) mass is 173 g/mol. The van der Waals surface area contributed by atoms with Crippen LogP contribution in [0.4, 0.5) is 4.79 Å². The van der Waals surface area contributed by atoms with Gasteiger partial charge < -0.3 is 10.1 Å². The minimum absolute atomic E-state index is 0.0862. The standard InChI is InChI=1S/C9H19NO2/c1-6-7(9(2,3)4)10-8(11)12-5/h7H,6H2,1-5H3,(H,10,11)/t7-/m0/s1. The second-order valence-electron chi connectivity index (χ2n) is 3.96. The number of rotatable bonds is 2. The number of ether oxygens (including phenoxy) is 1. The van der Waals surface area contributed by atoms with E-state index in [-0.39, 0.29) is 17.6 Å². The summed E-state index contributed by atoms with van der Waals surface area (Å²) in [7, 11) is 1.38. The third-order valence-corrected chi connectivity index (χ3v) is 1.93. The molecular formula is C9H19NO2. The molecule has 0 fully saturated rings. The molecular weight excluding hydrogens is 154 g/mol. The zero-order valence-corrected chi connectivity index (χ0v) is 8.60. The van der Waals surface area contributed by atoms with Crippen LogP contribution in [0.25, 0.3) is 0 Å². The van der Waals surface area contributed by atoms with Crippen LogP contribution in [0.5, 0.6) is 0 Å². The normalized spacial score (nSPS) is 13.8. The van der Waals surface area contributed by atoms with Crippen LogP contribution in [-0.4, -0.2) is 19.2 Å². The molecule has 0 saturated heterocycles. The number of alkyl carbamates (subject to hydrolysis) is 1. The molecule has 12 heavy (non-hydrogen) atoms. The molecule has 72 valence electrons. The predicted octanol–water partition coefficient (Wildman–Crippen LogP) is 2.17. The van der Waals surface area contributed by atoms with Crippen molar-refractivity contribution in [1.29, 1.82) is 0 Å². The third-order valence-electron chi connectivity index (χ3n) is 1.93. The van der Waals surface area contributed by atoms with Gasteiger partial charge in [0, 0.05) is 6.04 Å². The van der Waals surface area contributed by atoms with Crippen molar-refractivity contribution in [3.05, 3.63) is 0 Å². The molecule has 0 aliphatic carbocycles. The molecule has 1 amide bonds. The van der Waals surface area contributed by atoms with Crippen molar-refractivity contribution in [2.45, 2.75) is 40.2 Å². The topological polar surface area (TPSA) is 38.3 Å². The minimum Gasteiger partial charge on any atom is -0.453 e. The highest BCUT2D eigenvalue weighted by Gasteiger charge is 2.24.